The molecule has 6 N–H and O–H groups in total. The second-order valence-corrected chi connectivity index (χ2v) is 8.56. The summed E-state index contributed by atoms with van der Waals surface area (Å²) < 4.78 is 11.2. The van der Waals surface area contributed by atoms with Crippen molar-refractivity contribution in [1.82, 2.24) is 20.9 Å². The third-order valence-electron chi connectivity index (χ3n) is 5.76. The molecule has 1 fully saturated rings. The topological polar surface area (TPSA) is 183 Å². The fraction of sp³-hybridized carbons (Fsp3) is 0.375. The second-order valence-electron chi connectivity index (χ2n) is 8.56. The zero-order valence-corrected chi connectivity index (χ0v) is 23.5. The summed E-state index contributed by atoms with van der Waals surface area (Å²) in [5, 5.41) is 30.7. The Morgan fingerprint density at radius 2 is 2.00 bits per heavy atom. The van der Waals surface area contributed by atoms with Gasteiger partial charge in [-0.1, -0.05) is 12.5 Å². The number of rotatable bonds is 8. The number of aromatic hydroxyl groups is 1. The van der Waals surface area contributed by atoms with E-state index in [1.807, 2.05) is 0 Å². The van der Waals surface area contributed by atoms with Crippen LogP contribution in [0.4, 0.5) is 5.69 Å². The maximum atomic E-state index is 12.6. The number of amides is 2. The maximum absolute atomic E-state index is 12.6. The molecule has 2 amide bonds. The van der Waals surface area contributed by atoms with Gasteiger partial charge < -0.3 is 41.0 Å². The standard InChI is InChI=1S/C24H27N6O7.Y/c1-14-3-2-4-17(21(14)34)18(8-20(32)33)30-19(31)11-26-22(35)15-7-16(10-25-9-15)29-23-27-12-24(13-28-23)36-5-6-37-24;/h3-4,7,9-10,18,34H,5-6,8,11-13H2,1H3,(H,26,35)(H,30,31)(H,32,33)(H2,27,28,29);/q-1;. The smallest absolute Gasteiger partial charge is 0.304 e. The molecule has 1 radical (unpaired) electrons. The molecule has 1 saturated heterocycles. The number of anilines is 1. The number of carbonyl (C=O) groups excluding carboxylic acids is 2. The van der Waals surface area contributed by atoms with E-state index in [9.17, 15) is 24.6 Å². The number of carboxylic acids is 1. The fourth-order valence-corrected chi connectivity index (χ4v) is 3.88. The molecule has 0 aliphatic carbocycles. The third kappa shape index (κ3) is 7.47. The van der Waals surface area contributed by atoms with Gasteiger partial charge in [-0.3, -0.25) is 19.4 Å². The predicted octanol–water partition coefficient (Wildman–Crippen LogP) is 0.0695. The fourth-order valence-electron chi connectivity index (χ4n) is 3.88. The van der Waals surface area contributed by atoms with Crippen LogP contribution in [0.3, 0.4) is 0 Å². The Morgan fingerprint density at radius 3 is 2.68 bits per heavy atom. The zero-order chi connectivity index (χ0) is 26.4. The molecule has 1 unspecified atom stereocenters. The first-order valence-electron chi connectivity index (χ1n) is 11.5. The molecule has 3 heterocycles. The SMILES string of the molecule is Cc1c[c-]cc(C(CC(=O)O)NC(=O)CNC(=O)c2cncc(NC3=NCC4(CN3)OCCO4)c2)c1O.[Y]. The molecule has 1 aromatic heterocycles. The molecule has 2 aliphatic heterocycles. The number of guanidine groups is 1. The van der Waals surface area contributed by atoms with E-state index in [1.54, 1.807) is 19.1 Å². The quantitative estimate of drug-likeness (QED) is 0.227. The van der Waals surface area contributed by atoms with Crippen LogP contribution >= 0.6 is 0 Å². The van der Waals surface area contributed by atoms with Crippen LogP contribution in [-0.2, 0) is 51.8 Å². The van der Waals surface area contributed by atoms with Crippen molar-refractivity contribution in [2.45, 2.75) is 25.2 Å². The number of nitrogens with one attached hydrogen (secondary N) is 4. The van der Waals surface area contributed by atoms with Crippen LogP contribution in [-0.4, -0.2) is 77.6 Å². The van der Waals surface area contributed by atoms with Crippen molar-refractivity contribution in [1.29, 1.82) is 0 Å². The van der Waals surface area contributed by atoms with Gasteiger partial charge in [0.05, 0.1) is 56.7 Å². The Morgan fingerprint density at radius 1 is 1.24 bits per heavy atom. The number of aliphatic carboxylic acids is 1. The number of phenols is 1. The van der Waals surface area contributed by atoms with E-state index in [1.165, 1.54) is 18.5 Å². The number of ether oxygens (including phenoxy) is 2. The van der Waals surface area contributed by atoms with Crippen molar-refractivity contribution in [3.8, 4) is 5.75 Å². The van der Waals surface area contributed by atoms with E-state index in [-0.39, 0.29) is 49.6 Å². The number of carbonyl (C=O) groups is 3. The predicted molar refractivity (Wildman–Crippen MR) is 130 cm³/mol. The van der Waals surface area contributed by atoms with E-state index in [0.717, 1.165) is 0 Å². The summed E-state index contributed by atoms with van der Waals surface area (Å²) in [5.41, 5.74) is 1.41. The molecule has 38 heavy (non-hydrogen) atoms. The van der Waals surface area contributed by atoms with Crippen molar-refractivity contribution >= 4 is 29.4 Å². The number of carboxylic acid groups (broad SMARTS) is 1. The normalized spacial score (nSPS) is 16.4. The number of aryl methyl sites for hydroxylation is 1. The van der Waals surface area contributed by atoms with Gasteiger partial charge in [-0.15, -0.1) is 5.56 Å². The molecule has 13 nitrogen and oxygen atoms in total. The van der Waals surface area contributed by atoms with E-state index < -0.39 is 42.6 Å². The Bertz CT molecular complexity index is 1220. The number of benzene rings is 1. The van der Waals surface area contributed by atoms with Gasteiger partial charge in [-0.2, -0.15) is 18.2 Å². The minimum Gasteiger partial charge on any atom is -0.533 e. The Kier molecular flexibility index (Phi) is 10.1. The van der Waals surface area contributed by atoms with Gasteiger partial charge in [0.25, 0.3) is 5.91 Å². The van der Waals surface area contributed by atoms with Crippen molar-refractivity contribution in [3.63, 3.8) is 0 Å². The molecule has 1 atom stereocenters. The largest absolute Gasteiger partial charge is 0.533 e. The van der Waals surface area contributed by atoms with Crippen molar-refractivity contribution < 1.29 is 66.8 Å². The van der Waals surface area contributed by atoms with Crippen molar-refractivity contribution in [2.24, 2.45) is 4.99 Å². The summed E-state index contributed by atoms with van der Waals surface area (Å²) in [6, 6.07) is 6.30. The first-order valence-corrected chi connectivity index (χ1v) is 11.5. The van der Waals surface area contributed by atoms with E-state index >= 15 is 0 Å². The Labute approximate surface area is 243 Å². The molecule has 2 aromatic rings. The van der Waals surface area contributed by atoms with Gasteiger partial charge in [0.15, 0.2) is 5.96 Å². The number of hydrogen-bond acceptors (Lipinski definition) is 10. The van der Waals surface area contributed by atoms with Gasteiger partial charge in [0.1, 0.15) is 0 Å². The van der Waals surface area contributed by atoms with Gasteiger partial charge in [-0.25, -0.2) is 4.99 Å². The van der Waals surface area contributed by atoms with Gasteiger partial charge in [0.2, 0.25) is 11.7 Å². The van der Waals surface area contributed by atoms with Gasteiger partial charge in [-0.05, 0) is 6.07 Å². The van der Waals surface area contributed by atoms with Crippen LogP contribution in [0, 0.1) is 13.0 Å². The summed E-state index contributed by atoms with van der Waals surface area (Å²) in [7, 11) is 0. The minimum atomic E-state index is -1.17. The Balaban J connectivity index is 0.00000400. The third-order valence-corrected chi connectivity index (χ3v) is 5.76. The van der Waals surface area contributed by atoms with E-state index in [2.05, 4.69) is 37.3 Å². The monoisotopic (exact) mass is 600 g/mol. The zero-order valence-electron chi connectivity index (χ0n) is 20.6. The number of pyridine rings is 1. The van der Waals surface area contributed by atoms with Gasteiger partial charge >= 0.3 is 5.97 Å². The Hall–Kier alpha value is -3.13. The van der Waals surface area contributed by atoms with Gasteiger partial charge in [0, 0.05) is 50.7 Å². The van der Waals surface area contributed by atoms with E-state index in [0.29, 0.717) is 43.5 Å². The molecule has 199 valence electrons. The summed E-state index contributed by atoms with van der Waals surface area (Å²) in [6.07, 6.45) is 2.40. The summed E-state index contributed by atoms with van der Waals surface area (Å²) in [4.78, 5) is 44.8. The van der Waals surface area contributed by atoms with E-state index in [4.69, 9.17) is 9.47 Å². The molecule has 0 bridgehead atoms. The molecule has 0 saturated carbocycles. The number of nitrogens with zero attached hydrogens (tertiary/aromatic N) is 2. The van der Waals surface area contributed by atoms with Crippen molar-refractivity contribution in [2.75, 3.05) is 38.2 Å². The summed E-state index contributed by atoms with van der Waals surface area (Å²) in [5.74, 6) is -2.75. The molecular weight excluding hydrogens is 573 g/mol. The van der Waals surface area contributed by atoms with Crippen LogP contribution in [0.5, 0.6) is 5.75 Å². The van der Waals surface area contributed by atoms with Crippen LogP contribution in [0.25, 0.3) is 0 Å². The molecule has 14 heteroatoms. The first-order chi connectivity index (χ1) is 17.7. The number of aliphatic imine (C=N–C) groups is 1. The minimum absolute atomic E-state index is 0. The summed E-state index contributed by atoms with van der Waals surface area (Å²) >= 11 is 0. The van der Waals surface area contributed by atoms with Crippen LogP contribution in [0.15, 0.2) is 35.6 Å². The maximum Gasteiger partial charge on any atom is 0.304 e. The molecule has 1 spiro atoms. The number of phenolic OH excluding ortho intramolecular Hbond substituents is 1. The van der Waals surface area contributed by atoms with Crippen LogP contribution < -0.4 is 21.3 Å². The average molecular weight is 600 g/mol. The molecule has 4 rings (SSSR count). The molecular formula is C24H27N6O7Y-. The first kappa shape index (κ1) is 29.4. The van der Waals surface area contributed by atoms with Crippen LogP contribution in [0.1, 0.15) is 33.9 Å². The number of hydrogen-bond donors (Lipinski definition) is 6. The summed E-state index contributed by atoms with van der Waals surface area (Å²) in [6.45, 7) is 3.00. The van der Waals surface area contributed by atoms with Crippen molar-refractivity contribution in [3.05, 3.63) is 53.3 Å². The second kappa shape index (κ2) is 13.1. The number of aromatic nitrogens is 1. The molecule has 2 aliphatic rings. The average Bonchev–Trinajstić information content (AvgIpc) is 3.33. The van der Waals surface area contributed by atoms with Crippen LogP contribution in [0.2, 0.25) is 0 Å². The molecule has 1 aromatic carbocycles.